The van der Waals surface area contributed by atoms with Gasteiger partial charge in [0.25, 0.3) is 0 Å². The standard InChI is InChI=1S/C12H16O6S/c1-17-6-8-19(15,16)9-7-18-11-5-3-2-4-10(11)12(13)14/h2-5H,6-9H2,1H3,(H,13,14). The summed E-state index contributed by atoms with van der Waals surface area (Å²) >= 11 is 0. The minimum absolute atomic E-state index is 0.0109. The minimum Gasteiger partial charge on any atom is -0.492 e. The van der Waals surface area contributed by atoms with Gasteiger partial charge in [-0.25, -0.2) is 13.2 Å². The van der Waals surface area contributed by atoms with Gasteiger partial charge in [-0.05, 0) is 12.1 Å². The third-order valence-electron chi connectivity index (χ3n) is 2.37. The minimum atomic E-state index is -3.24. The van der Waals surface area contributed by atoms with Crippen molar-refractivity contribution in [3.8, 4) is 5.75 Å². The van der Waals surface area contributed by atoms with Gasteiger partial charge in [-0.15, -0.1) is 0 Å². The maximum absolute atomic E-state index is 11.5. The predicted molar refractivity (Wildman–Crippen MR) is 69.4 cm³/mol. The first-order valence-corrected chi connectivity index (χ1v) is 7.43. The Morgan fingerprint density at radius 3 is 2.47 bits per heavy atom. The maximum Gasteiger partial charge on any atom is 0.339 e. The first-order chi connectivity index (χ1) is 8.96. The van der Waals surface area contributed by atoms with E-state index in [0.29, 0.717) is 0 Å². The lowest BCUT2D eigenvalue weighted by molar-refractivity contribution is 0.0692. The van der Waals surface area contributed by atoms with E-state index >= 15 is 0 Å². The Bertz CT molecular complexity index is 523. The number of carboxylic acid groups (broad SMARTS) is 1. The molecule has 1 aromatic carbocycles. The van der Waals surface area contributed by atoms with Crippen LogP contribution >= 0.6 is 0 Å². The summed E-state index contributed by atoms with van der Waals surface area (Å²) in [7, 11) is -1.82. The van der Waals surface area contributed by atoms with Crippen molar-refractivity contribution in [2.75, 3.05) is 31.8 Å². The van der Waals surface area contributed by atoms with E-state index in [2.05, 4.69) is 0 Å². The lowest BCUT2D eigenvalue weighted by Crippen LogP contribution is -2.20. The van der Waals surface area contributed by atoms with E-state index in [0.717, 1.165) is 0 Å². The highest BCUT2D eigenvalue weighted by atomic mass is 32.2. The van der Waals surface area contributed by atoms with Crippen LogP contribution in [0.3, 0.4) is 0 Å². The van der Waals surface area contributed by atoms with Crippen LogP contribution in [0.25, 0.3) is 0 Å². The van der Waals surface area contributed by atoms with Crippen LogP contribution in [-0.4, -0.2) is 51.3 Å². The number of benzene rings is 1. The summed E-state index contributed by atoms with van der Waals surface area (Å²) in [6, 6.07) is 6.09. The molecule has 0 spiro atoms. The van der Waals surface area contributed by atoms with Crippen LogP contribution in [0, 0.1) is 0 Å². The van der Waals surface area contributed by atoms with E-state index in [1.165, 1.54) is 19.2 Å². The molecular weight excluding hydrogens is 272 g/mol. The van der Waals surface area contributed by atoms with Gasteiger partial charge in [0.15, 0.2) is 9.84 Å². The summed E-state index contributed by atoms with van der Waals surface area (Å²) in [6.45, 7) is 0.0460. The molecule has 0 radical (unpaired) electrons. The van der Waals surface area contributed by atoms with E-state index < -0.39 is 15.8 Å². The number of carbonyl (C=O) groups is 1. The number of methoxy groups -OCH3 is 1. The number of hydrogen-bond donors (Lipinski definition) is 1. The molecule has 0 heterocycles. The Hall–Kier alpha value is -1.60. The molecule has 0 amide bonds. The molecule has 0 aliphatic heterocycles. The molecule has 0 bridgehead atoms. The first-order valence-electron chi connectivity index (χ1n) is 5.61. The third kappa shape index (κ3) is 5.27. The molecule has 0 aromatic heterocycles. The molecule has 1 aromatic rings. The quantitative estimate of drug-likeness (QED) is 0.762. The Kier molecular flexibility index (Phi) is 5.78. The molecule has 0 saturated carbocycles. The van der Waals surface area contributed by atoms with Crippen LogP contribution < -0.4 is 4.74 Å². The second-order valence-electron chi connectivity index (χ2n) is 3.79. The van der Waals surface area contributed by atoms with Gasteiger partial charge in [0.1, 0.15) is 17.9 Å². The highest BCUT2D eigenvalue weighted by Crippen LogP contribution is 2.17. The van der Waals surface area contributed by atoms with E-state index in [4.69, 9.17) is 14.6 Å². The van der Waals surface area contributed by atoms with E-state index in [9.17, 15) is 13.2 Å². The van der Waals surface area contributed by atoms with E-state index in [1.54, 1.807) is 12.1 Å². The van der Waals surface area contributed by atoms with Crippen LogP contribution in [0.15, 0.2) is 24.3 Å². The molecule has 6 nitrogen and oxygen atoms in total. The zero-order valence-corrected chi connectivity index (χ0v) is 11.4. The van der Waals surface area contributed by atoms with Crippen molar-refractivity contribution in [3.05, 3.63) is 29.8 Å². The fraction of sp³-hybridized carbons (Fsp3) is 0.417. The van der Waals surface area contributed by atoms with Gasteiger partial charge in [-0.1, -0.05) is 12.1 Å². The molecule has 0 unspecified atom stereocenters. The lowest BCUT2D eigenvalue weighted by atomic mass is 10.2. The van der Waals surface area contributed by atoms with Crippen molar-refractivity contribution >= 4 is 15.8 Å². The number of sulfone groups is 1. The van der Waals surface area contributed by atoms with E-state index in [1.807, 2.05) is 0 Å². The molecule has 0 aliphatic carbocycles. The maximum atomic E-state index is 11.5. The Morgan fingerprint density at radius 2 is 1.84 bits per heavy atom. The molecule has 0 saturated heterocycles. The number of para-hydroxylation sites is 1. The normalized spacial score (nSPS) is 11.2. The second-order valence-corrected chi connectivity index (χ2v) is 6.10. The molecule has 0 aliphatic rings. The SMILES string of the molecule is COCCS(=O)(=O)CCOc1ccccc1C(=O)O. The zero-order chi connectivity index (χ0) is 14.3. The number of rotatable bonds is 8. The topological polar surface area (TPSA) is 89.9 Å². The third-order valence-corrected chi connectivity index (χ3v) is 3.95. The molecule has 0 atom stereocenters. The van der Waals surface area contributed by atoms with Crippen LogP contribution in [-0.2, 0) is 14.6 Å². The van der Waals surface area contributed by atoms with Crippen molar-refractivity contribution in [3.63, 3.8) is 0 Å². The fourth-order valence-corrected chi connectivity index (χ4v) is 2.32. The van der Waals surface area contributed by atoms with Gasteiger partial charge in [0, 0.05) is 7.11 Å². The molecule has 1 rings (SSSR count). The van der Waals surface area contributed by atoms with Crippen LogP contribution in [0.5, 0.6) is 5.75 Å². The average molecular weight is 288 g/mol. The highest BCUT2D eigenvalue weighted by Gasteiger charge is 2.13. The van der Waals surface area contributed by atoms with Crippen molar-refractivity contribution in [2.24, 2.45) is 0 Å². The first kappa shape index (κ1) is 15.5. The number of carboxylic acids is 1. The van der Waals surface area contributed by atoms with Gasteiger partial charge in [-0.3, -0.25) is 0 Å². The molecule has 106 valence electrons. The fourth-order valence-electron chi connectivity index (χ4n) is 1.36. The highest BCUT2D eigenvalue weighted by molar-refractivity contribution is 7.91. The van der Waals surface area contributed by atoms with Gasteiger partial charge in [-0.2, -0.15) is 0 Å². The number of ether oxygens (including phenoxy) is 2. The Balaban J connectivity index is 2.56. The van der Waals surface area contributed by atoms with Crippen molar-refractivity contribution in [1.82, 2.24) is 0 Å². The largest absolute Gasteiger partial charge is 0.492 e. The monoisotopic (exact) mass is 288 g/mol. The summed E-state index contributed by atoms with van der Waals surface area (Å²) in [5, 5.41) is 8.93. The predicted octanol–water partition coefficient (Wildman–Crippen LogP) is 0.825. The smallest absolute Gasteiger partial charge is 0.339 e. The molecule has 19 heavy (non-hydrogen) atoms. The molecular formula is C12H16O6S. The number of aromatic carboxylic acids is 1. The second kappa shape index (κ2) is 7.10. The summed E-state index contributed by atoms with van der Waals surface area (Å²) < 4.78 is 33.0. The van der Waals surface area contributed by atoms with Crippen molar-refractivity contribution in [2.45, 2.75) is 0 Å². The Morgan fingerprint density at radius 1 is 1.21 bits per heavy atom. The van der Waals surface area contributed by atoms with Crippen LogP contribution in [0.1, 0.15) is 10.4 Å². The molecule has 1 N–H and O–H groups in total. The summed E-state index contributed by atoms with van der Waals surface area (Å²) in [4.78, 5) is 10.9. The van der Waals surface area contributed by atoms with Gasteiger partial charge >= 0.3 is 5.97 Å². The molecule has 7 heteroatoms. The number of hydrogen-bond acceptors (Lipinski definition) is 5. The van der Waals surface area contributed by atoms with E-state index in [-0.39, 0.29) is 36.0 Å². The van der Waals surface area contributed by atoms with Gasteiger partial charge < -0.3 is 14.6 Å². The lowest BCUT2D eigenvalue weighted by Gasteiger charge is -2.09. The Labute approximate surface area is 111 Å². The van der Waals surface area contributed by atoms with Crippen molar-refractivity contribution < 1.29 is 27.8 Å². The molecule has 0 fully saturated rings. The summed E-state index contributed by atoms with van der Waals surface area (Å²) in [6.07, 6.45) is 0. The van der Waals surface area contributed by atoms with Gasteiger partial charge in [0.05, 0.1) is 18.1 Å². The van der Waals surface area contributed by atoms with Gasteiger partial charge in [0.2, 0.25) is 0 Å². The summed E-state index contributed by atoms with van der Waals surface area (Å²) in [5.41, 5.74) is 0.0109. The van der Waals surface area contributed by atoms with Crippen LogP contribution in [0.4, 0.5) is 0 Å². The van der Waals surface area contributed by atoms with Crippen LogP contribution in [0.2, 0.25) is 0 Å². The summed E-state index contributed by atoms with van der Waals surface area (Å²) in [5.74, 6) is -1.20. The average Bonchev–Trinajstić information content (AvgIpc) is 2.36. The van der Waals surface area contributed by atoms with Crippen molar-refractivity contribution in [1.29, 1.82) is 0 Å². The zero-order valence-electron chi connectivity index (χ0n) is 10.5.